The molecule has 0 aliphatic carbocycles. The normalized spacial score (nSPS) is 18.5. The fourth-order valence-electron chi connectivity index (χ4n) is 4.30. The van der Waals surface area contributed by atoms with Gasteiger partial charge in [-0.15, -0.1) is 0 Å². The number of hydrogen-bond acceptors (Lipinski definition) is 4. The van der Waals surface area contributed by atoms with Crippen LogP contribution in [0.4, 0.5) is 0 Å². The van der Waals surface area contributed by atoms with E-state index in [2.05, 4.69) is 19.1 Å². The lowest BCUT2D eigenvalue weighted by Gasteiger charge is -2.30. The third-order valence-corrected chi connectivity index (χ3v) is 6.15. The van der Waals surface area contributed by atoms with Gasteiger partial charge >= 0.3 is 0 Å². The fraction of sp³-hybridized carbons (Fsp3) is 0.480. The van der Waals surface area contributed by atoms with Gasteiger partial charge in [-0.1, -0.05) is 0 Å². The highest BCUT2D eigenvalue weighted by Crippen LogP contribution is 2.29. The van der Waals surface area contributed by atoms with Crippen LogP contribution in [0, 0.1) is 6.92 Å². The minimum Gasteiger partial charge on any atom is -0.493 e. The summed E-state index contributed by atoms with van der Waals surface area (Å²) >= 11 is 0. The molecule has 168 valence electrons. The summed E-state index contributed by atoms with van der Waals surface area (Å²) in [6, 6.07) is 9.98. The molecule has 1 heterocycles. The Morgan fingerprint density at radius 3 is 2.00 bits per heavy atom. The fourth-order valence-corrected chi connectivity index (χ4v) is 4.30. The molecule has 0 radical (unpaired) electrons. The van der Waals surface area contributed by atoms with Crippen molar-refractivity contribution in [3.05, 3.63) is 52.6 Å². The number of quaternary nitrogens is 2. The summed E-state index contributed by atoms with van der Waals surface area (Å²) in [5.41, 5.74) is 4.43. The second kappa shape index (κ2) is 10.6. The number of carbonyl (C=O) groups is 1. The number of Topliss-reactive ketones (excluding diaryl/α,β-unsaturated/α-hetero) is 1. The molecule has 0 spiro atoms. The first-order valence-electron chi connectivity index (χ1n) is 11.1. The third-order valence-electron chi connectivity index (χ3n) is 6.15. The van der Waals surface area contributed by atoms with Gasteiger partial charge in [-0.2, -0.15) is 0 Å². The van der Waals surface area contributed by atoms with Crippen molar-refractivity contribution in [1.82, 2.24) is 0 Å². The van der Waals surface area contributed by atoms with Crippen molar-refractivity contribution >= 4 is 5.78 Å². The molecule has 0 bridgehead atoms. The number of carbonyl (C=O) groups excluding carboxylic acids is 1. The molecule has 3 rings (SSSR count). The lowest BCUT2D eigenvalue weighted by Crippen LogP contribution is -3.27. The first-order chi connectivity index (χ1) is 14.9. The van der Waals surface area contributed by atoms with Gasteiger partial charge in [-0.3, -0.25) is 4.79 Å². The predicted molar refractivity (Wildman–Crippen MR) is 121 cm³/mol. The van der Waals surface area contributed by atoms with Crippen LogP contribution in [0.2, 0.25) is 0 Å². The maximum absolute atomic E-state index is 11.8. The van der Waals surface area contributed by atoms with Crippen molar-refractivity contribution in [3.8, 4) is 17.2 Å². The SMILES string of the molecule is CCOc1ccc(C(C)=O)cc1C[NH+]1CC[NH+](Cc2cc(OC)c(OC)cc2C)CC1. The molecule has 1 fully saturated rings. The predicted octanol–water partition coefficient (Wildman–Crippen LogP) is 1.10. The maximum atomic E-state index is 11.8. The standard InChI is InChI=1S/C25H34N2O4/c1-6-31-23-8-7-20(19(3)28)14-22(23)17-27-11-9-26(10-12-27)16-21-15-25(30-5)24(29-4)13-18(21)2/h7-8,13-15H,6,9-12,16-17H2,1-5H3/p+2. The van der Waals surface area contributed by atoms with Crippen LogP contribution in [0.15, 0.2) is 30.3 Å². The lowest BCUT2D eigenvalue weighted by atomic mass is 10.1. The Hall–Kier alpha value is -2.57. The second-order valence-electron chi connectivity index (χ2n) is 8.30. The maximum Gasteiger partial charge on any atom is 0.161 e. The number of benzene rings is 2. The van der Waals surface area contributed by atoms with Crippen molar-refractivity contribution in [2.45, 2.75) is 33.9 Å². The van der Waals surface area contributed by atoms with E-state index in [1.165, 1.54) is 16.0 Å². The zero-order valence-corrected chi connectivity index (χ0v) is 19.5. The number of rotatable bonds is 9. The van der Waals surface area contributed by atoms with Crippen molar-refractivity contribution in [3.63, 3.8) is 0 Å². The van der Waals surface area contributed by atoms with E-state index in [-0.39, 0.29) is 5.78 Å². The highest BCUT2D eigenvalue weighted by Gasteiger charge is 2.25. The monoisotopic (exact) mass is 428 g/mol. The number of ether oxygens (including phenoxy) is 3. The Morgan fingerprint density at radius 2 is 1.45 bits per heavy atom. The largest absolute Gasteiger partial charge is 0.493 e. The molecule has 1 aliphatic heterocycles. The molecule has 2 aromatic carbocycles. The van der Waals surface area contributed by atoms with Crippen molar-refractivity contribution in [1.29, 1.82) is 0 Å². The van der Waals surface area contributed by atoms with Crippen LogP contribution in [-0.2, 0) is 13.1 Å². The van der Waals surface area contributed by atoms with Crippen LogP contribution >= 0.6 is 0 Å². The first kappa shape index (κ1) is 23.1. The van der Waals surface area contributed by atoms with Crippen LogP contribution in [-0.4, -0.2) is 52.8 Å². The Kier molecular flexibility index (Phi) is 7.93. The third kappa shape index (κ3) is 5.77. The van der Waals surface area contributed by atoms with Gasteiger partial charge < -0.3 is 24.0 Å². The van der Waals surface area contributed by atoms with Gasteiger partial charge in [0.15, 0.2) is 17.3 Å². The van der Waals surface area contributed by atoms with Gasteiger partial charge in [-0.05, 0) is 56.7 Å². The summed E-state index contributed by atoms with van der Waals surface area (Å²) in [4.78, 5) is 14.9. The van der Waals surface area contributed by atoms with Crippen LogP contribution in [0.3, 0.4) is 0 Å². The zero-order chi connectivity index (χ0) is 22.4. The lowest BCUT2D eigenvalue weighted by molar-refractivity contribution is -1.02. The second-order valence-corrected chi connectivity index (χ2v) is 8.30. The number of aryl methyl sites for hydroxylation is 1. The molecule has 6 nitrogen and oxygen atoms in total. The van der Waals surface area contributed by atoms with Gasteiger partial charge in [0.1, 0.15) is 45.0 Å². The summed E-state index contributed by atoms with van der Waals surface area (Å²) in [6.45, 7) is 12.7. The van der Waals surface area contributed by atoms with E-state index >= 15 is 0 Å². The van der Waals surface area contributed by atoms with Gasteiger partial charge in [0.25, 0.3) is 0 Å². The molecule has 0 unspecified atom stereocenters. The van der Waals surface area contributed by atoms with Gasteiger partial charge in [0.05, 0.1) is 20.8 Å². The number of ketones is 1. The molecule has 1 saturated heterocycles. The number of nitrogens with one attached hydrogen (secondary N) is 2. The molecular formula is C25H36N2O4+2. The molecule has 0 saturated carbocycles. The van der Waals surface area contributed by atoms with Crippen molar-refractivity contribution in [2.75, 3.05) is 47.0 Å². The van der Waals surface area contributed by atoms with Crippen LogP contribution < -0.4 is 24.0 Å². The smallest absolute Gasteiger partial charge is 0.161 e. The van der Waals surface area contributed by atoms with E-state index in [0.717, 1.165) is 67.6 Å². The minimum atomic E-state index is 0.0962. The highest BCUT2D eigenvalue weighted by atomic mass is 16.5. The molecule has 6 heteroatoms. The molecule has 1 aliphatic rings. The van der Waals surface area contributed by atoms with E-state index in [4.69, 9.17) is 14.2 Å². The van der Waals surface area contributed by atoms with Crippen LogP contribution in [0.25, 0.3) is 0 Å². The molecule has 2 N–H and O–H groups in total. The number of methoxy groups -OCH3 is 2. The first-order valence-corrected chi connectivity index (χ1v) is 11.1. The Morgan fingerprint density at radius 1 is 0.871 bits per heavy atom. The van der Waals surface area contributed by atoms with E-state index in [0.29, 0.717) is 6.61 Å². The summed E-state index contributed by atoms with van der Waals surface area (Å²) in [6.07, 6.45) is 0. The molecular weight excluding hydrogens is 392 g/mol. The Labute approximate surface area is 185 Å². The average Bonchev–Trinajstić information content (AvgIpc) is 2.77. The minimum absolute atomic E-state index is 0.0962. The number of piperazine rings is 1. The van der Waals surface area contributed by atoms with Gasteiger partial charge in [0, 0.05) is 16.7 Å². The van der Waals surface area contributed by atoms with Crippen LogP contribution in [0.1, 0.15) is 40.9 Å². The van der Waals surface area contributed by atoms with E-state index < -0.39 is 0 Å². The van der Waals surface area contributed by atoms with Crippen molar-refractivity contribution in [2.24, 2.45) is 0 Å². The zero-order valence-electron chi connectivity index (χ0n) is 19.5. The average molecular weight is 429 g/mol. The van der Waals surface area contributed by atoms with E-state index in [9.17, 15) is 4.79 Å². The Bertz CT molecular complexity index is 905. The summed E-state index contributed by atoms with van der Waals surface area (Å²) in [5.74, 6) is 2.57. The summed E-state index contributed by atoms with van der Waals surface area (Å²) in [5, 5.41) is 0. The van der Waals surface area contributed by atoms with Gasteiger partial charge in [0.2, 0.25) is 0 Å². The summed E-state index contributed by atoms with van der Waals surface area (Å²) < 4.78 is 16.7. The van der Waals surface area contributed by atoms with Crippen molar-refractivity contribution < 1.29 is 28.8 Å². The summed E-state index contributed by atoms with van der Waals surface area (Å²) in [7, 11) is 3.36. The topological polar surface area (TPSA) is 53.6 Å². The molecule has 0 aromatic heterocycles. The molecule has 31 heavy (non-hydrogen) atoms. The highest BCUT2D eigenvalue weighted by molar-refractivity contribution is 5.94. The Balaban J connectivity index is 1.63. The van der Waals surface area contributed by atoms with Crippen LogP contribution in [0.5, 0.6) is 17.2 Å². The molecule has 0 atom stereocenters. The van der Waals surface area contributed by atoms with Gasteiger partial charge in [-0.25, -0.2) is 0 Å². The van der Waals surface area contributed by atoms with E-state index in [1.54, 1.807) is 26.0 Å². The molecule has 0 amide bonds. The van der Waals surface area contributed by atoms with E-state index in [1.807, 2.05) is 25.1 Å². The molecule has 2 aromatic rings. The number of hydrogen-bond donors (Lipinski definition) is 2. The quantitative estimate of drug-likeness (QED) is 0.588.